The Kier molecular flexibility index (Phi) is 6.51. The quantitative estimate of drug-likeness (QED) is 0.355. The highest BCUT2D eigenvalue weighted by Gasteiger charge is 2.17. The minimum Gasteiger partial charge on any atom is -0.490 e. The summed E-state index contributed by atoms with van der Waals surface area (Å²) >= 11 is 0. The van der Waals surface area contributed by atoms with Crippen LogP contribution in [-0.4, -0.2) is 43.8 Å². The highest BCUT2D eigenvalue weighted by molar-refractivity contribution is 6.11. The molecule has 0 saturated heterocycles. The number of nitrogens with zero attached hydrogens (tertiary/aromatic N) is 4. The number of pyridine rings is 2. The third-order valence-corrected chi connectivity index (χ3v) is 6.02. The molecule has 0 bridgehead atoms. The first-order chi connectivity index (χ1) is 16.7. The fourth-order valence-corrected chi connectivity index (χ4v) is 4.46. The van der Waals surface area contributed by atoms with Gasteiger partial charge in [-0.15, -0.1) is 0 Å². The summed E-state index contributed by atoms with van der Waals surface area (Å²) in [6, 6.07) is 26.1. The van der Waals surface area contributed by atoms with Crippen LogP contribution < -0.4 is 4.74 Å². The maximum atomic E-state index is 10.9. The molecule has 6 nitrogen and oxygen atoms in total. The number of hydrogen-bond acceptors (Lipinski definition) is 5. The fraction of sp³-hybridized carbons (Fsp3) is 0.214. The fourth-order valence-electron chi connectivity index (χ4n) is 4.46. The van der Waals surface area contributed by atoms with Crippen LogP contribution in [0.3, 0.4) is 0 Å². The van der Waals surface area contributed by atoms with E-state index in [2.05, 4.69) is 44.7 Å². The molecule has 0 saturated carbocycles. The number of aliphatic hydroxyl groups is 1. The summed E-state index contributed by atoms with van der Waals surface area (Å²) in [6.45, 7) is 1.88. The van der Waals surface area contributed by atoms with E-state index in [1.165, 1.54) is 0 Å². The van der Waals surface area contributed by atoms with Crippen molar-refractivity contribution in [1.29, 1.82) is 0 Å². The lowest BCUT2D eigenvalue weighted by molar-refractivity contribution is 0.0625. The molecule has 5 rings (SSSR count). The zero-order valence-electron chi connectivity index (χ0n) is 19.2. The molecule has 5 aromatic rings. The topological polar surface area (TPSA) is 63.4 Å². The van der Waals surface area contributed by atoms with Crippen molar-refractivity contribution < 1.29 is 9.84 Å². The van der Waals surface area contributed by atoms with Crippen molar-refractivity contribution in [1.82, 2.24) is 19.4 Å². The Morgan fingerprint density at radius 2 is 1.47 bits per heavy atom. The van der Waals surface area contributed by atoms with Gasteiger partial charge in [0.1, 0.15) is 18.5 Å². The van der Waals surface area contributed by atoms with Gasteiger partial charge in [0, 0.05) is 55.4 Å². The Balaban J connectivity index is 1.32. The van der Waals surface area contributed by atoms with Crippen LogP contribution in [0.5, 0.6) is 5.75 Å². The summed E-state index contributed by atoms with van der Waals surface area (Å²) in [4.78, 5) is 11.0. The van der Waals surface area contributed by atoms with Crippen LogP contribution in [0.15, 0.2) is 91.3 Å². The minimum atomic E-state index is -0.669. The summed E-state index contributed by atoms with van der Waals surface area (Å²) in [5, 5.41) is 13.1. The lowest BCUT2D eigenvalue weighted by Gasteiger charge is -2.24. The summed E-state index contributed by atoms with van der Waals surface area (Å²) in [5.41, 5.74) is 4.17. The van der Waals surface area contributed by atoms with Gasteiger partial charge in [0.25, 0.3) is 0 Å². The van der Waals surface area contributed by atoms with Crippen molar-refractivity contribution >= 4 is 21.8 Å². The van der Waals surface area contributed by atoms with Gasteiger partial charge in [0.15, 0.2) is 0 Å². The number of aliphatic hydroxyl groups excluding tert-OH is 1. The monoisotopic (exact) mass is 452 g/mol. The molecule has 3 heterocycles. The Morgan fingerprint density at radius 3 is 2.15 bits per heavy atom. The van der Waals surface area contributed by atoms with E-state index in [0.29, 0.717) is 19.6 Å². The largest absolute Gasteiger partial charge is 0.490 e. The summed E-state index contributed by atoms with van der Waals surface area (Å²) in [6.07, 6.45) is 2.91. The molecule has 0 aliphatic rings. The second kappa shape index (κ2) is 10.0. The van der Waals surface area contributed by atoms with Crippen molar-refractivity contribution in [3.63, 3.8) is 0 Å². The molecule has 0 radical (unpaired) electrons. The number of fused-ring (bicyclic) bond motifs is 3. The molecular weight excluding hydrogens is 424 g/mol. The SMILES string of the molecule is Cn1c2ccccc2c2c(OCC(O)CN(Cc3ccccn3)Cc3ccccn3)cccc21. The lowest BCUT2D eigenvalue weighted by Crippen LogP contribution is -2.35. The molecule has 34 heavy (non-hydrogen) atoms. The van der Waals surface area contributed by atoms with Gasteiger partial charge in [-0.1, -0.05) is 36.4 Å². The van der Waals surface area contributed by atoms with Crippen molar-refractivity contribution in [2.45, 2.75) is 19.2 Å². The van der Waals surface area contributed by atoms with E-state index in [4.69, 9.17) is 4.74 Å². The normalized spacial score (nSPS) is 12.4. The predicted octanol–water partition coefficient (Wildman–Crippen LogP) is 4.56. The first kappa shape index (κ1) is 22.1. The smallest absolute Gasteiger partial charge is 0.129 e. The Bertz CT molecular complexity index is 1330. The number of ether oxygens (including phenoxy) is 1. The van der Waals surface area contributed by atoms with Gasteiger partial charge < -0.3 is 14.4 Å². The van der Waals surface area contributed by atoms with Gasteiger partial charge in [-0.3, -0.25) is 14.9 Å². The van der Waals surface area contributed by atoms with Crippen LogP contribution in [0.4, 0.5) is 0 Å². The molecule has 172 valence electrons. The first-order valence-electron chi connectivity index (χ1n) is 11.5. The Hall–Kier alpha value is -3.74. The van der Waals surface area contributed by atoms with Gasteiger partial charge in [-0.2, -0.15) is 0 Å². The minimum absolute atomic E-state index is 0.198. The summed E-state index contributed by atoms with van der Waals surface area (Å²) in [7, 11) is 2.07. The number of benzene rings is 2. The van der Waals surface area contributed by atoms with Crippen LogP contribution in [-0.2, 0) is 20.1 Å². The Labute approximate surface area is 199 Å². The molecule has 1 N–H and O–H groups in total. The number of rotatable bonds is 9. The summed E-state index contributed by atoms with van der Waals surface area (Å²) < 4.78 is 8.36. The van der Waals surface area contributed by atoms with Crippen molar-refractivity contribution in [2.24, 2.45) is 7.05 Å². The maximum absolute atomic E-state index is 10.9. The number of aromatic nitrogens is 3. The van der Waals surface area contributed by atoms with Crippen LogP contribution in [0.25, 0.3) is 21.8 Å². The van der Waals surface area contributed by atoms with E-state index in [1.807, 2.05) is 60.7 Å². The zero-order valence-corrected chi connectivity index (χ0v) is 19.2. The predicted molar refractivity (Wildman–Crippen MR) is 135 cm³/mol. The number of aryl methyl sites for hydroxylation is 1. The molecule has 2 aromatic carbocycles. The number of hydrogen-bond donors (Lipinski definition) is 1. The average Bonchev–Trinajstić information content (AvgIpc) is 3.17. The van der Waals surface area contributed by atoms with E-state index in [-0.39, 0.29) is 6.61 Å². The van der Waals surface area contributed by atoms with Gasteiger partial charge in [0.2, 0.25) is 0 Å². The van der Waals surface area contributed by atoms with Crippen LogP contribution in [0.2, 0.25) is 0 Å². The third-order valence-electron chi connectivity index (χ3n) is 6.02. The van der Waals surface area contributed by atoms with Gasteiger partial charge in [-0.05, 0) is 42.5 Å². The molecule has 0 spiro atoms. The van der Waals surface area contributed by atoms with Gasteiger partial charge >= 0.3 is 0 Å². The molecule has 0 aliphatic carbocycles. The molecule has 1 atom stereocenters. The van der Waals surface area contributed by atoms with E-state index < -0.39 is 6.10 Å². The molecule has 3 aromatic heterocycles. The maximum Gasteiger partial charge on any atom is 0.129 e. The molecular formula is C28H28N4O2. The van der Waals surface area contributed by atoms with Crippen LogP contribution >= 0.6 is 0 Å². The molecule has 6 heteroatoms. The molecule has 0 fully saturated rings. The molecule has 0 aliphatic heterocycles. The second-order valence-electron chi connectivity index (χ2n) is 8.50. The third kappa shape index (κ3) is 4.78. The van der Waals surface area contributed by atoms with Gasteiger partial charge in [0.05, 0.1) is 16.9 Å². The van der Waals surface area contributed by atoms with Crippen LogP contribution in [0.1, 0.15) is 11.4 Å². The average molecular weight is 453 g/mol. The standard InChI is InChI=1S/C28H28N4O2/c1-31-25-12-3-2-11-24(25)28-26(31)13-8-14-27(28)34-20-23(33)19-32(17-21-9-4-6-15-29-21)18-22-10-5-7-16-30-22/h2-16,23,33H,17-20H2,1H3. The van der Waals surface area contributed by atoms with E-state index in [9.17, 15) is 5.11 Å². The highest BCUT2D eigenvalue weighted by atomic mass is 16.5. The van der Waals surface area contributed by atoms with E-state index >= 15 is 0 Å². The Morgan fingerprint density at radius 1 is 0.824 bits per heavy atom. The van der Waals surface area contributed by atoms with Crippen molar-refractivity contribution in [3.8, 4) is 5.75 Å². The van der Waals surface area contributed by atoms with E-state index in [1.54, 1.807) is 12.4 Å². The van der Waals surface area contributed by atoms with Crippen molar-refractivity contribution in [3.05, 3.63) is 103 Å². The van der Waals surface area contributed by atoms with Crippen LogP contribution in [0, 0.1) is 0 Å². The molecule has 1 unspecified atom stereocenters. The second-order valence-corrected chi connectivity index (χ2v) is 8.50. The van der Waals surface area contributed by atoms with Gasteiger partial charge in [-0.25, -0.2) is 0 Å². The van der Waals surface area contributed by atoms with E-state index in [0.717, 1.165) is 38.9 Å². The number of para-hydroxylation sites is 1. The first-order valence-corrected chi connectivity index (χ1v) is 11.5. The molecule has 0 amide bonds. The summed E-state index contributed by atoms with van der Waals surface area (Å²) in [5.74, 6) is 0.786. The zero-order chi connectivity index (χ0) is 23.3. The van der Waals surface area contributed by atoms with Crippen molar-refractivity contribution in [2.75, 3.05) is 13.2 Å². The lowest BCUT2D eigenvalue weighted by atomic mass is 10.1. The highest BCUT2D eigenvalue weighted by Crippen LogP contribution is 2.34.